The molecule has 0 saturated heterocycles. The normalized spacial score (nSPS) is 18.4. The Morgan fingerprint density at radius 2 is 2.16 bits per heavy atom. The van der Waals surface area contributed by atoms with Gasteiger partial charge >= 0.3 is 0 Å². The summed E-state index contributed by atoms with van der Waals surface area (Å²) >= 11 is 0. The Labute approximate surface area is 146 Å². The molecule has 2 aliphatic rings. The second-order valence-electron chi connectivity index (χ2n) is 7.24. The summed E-state index contributed by atoms with van der Waals surface area (Å²) in [5, 5.41) is 3.48. The summed E-state index contributed by atoms with van der Waals surface area (Å²) in [5.74, 6) is 1.23. The van der Waals surface area contributed by atoms with Crippen LogP contribution in [0.25, 0.3) is 10.9 Å². The first kappa shape index (κ1) is 16.3. The highest BCUT2D eigenvalue weighted by Crippen LogP contribution is 2.31. The lowest BCUT2D eigenvalue weighted by Crippen LogP contribution is -2.38. The first-order valence-electron chi connectivity index (χ1n) is 9.21. The van der Waals surface area contributed by atoms with Crippen molar-refractivity contribution in [1.82, 2.24) is 14.9 Å². The van der Waals surface area contributed by atoms with E-state index < -0.39 is 0 Å². The maximum atomic E-state index is 12.7. The van der Waals surface area contributed by atoms with Crippen LogP contribution in [0.2, 0.25) is 0 Å². The van der Waals surface area contributed by atoms with E-state index >= 15 is 0 Å². The molecule has 1 unspecified atom stereocenters. The SMILES string of the molecule is NC(CNC(=O)c1ccc2c(=O)n3c(nc2c1)CCCCC3)C1CC1. The van der Waals surface area contributed by atoms with E-state index in [4.69, 9.17) is 5.73 Å². The van der Waals surface area contributed by atoms with Crippen molar-refractivity contribution in [3.63, 3.8) is 0 Å². The maximum Gasteiger partial charge on any atom is 0.261 e. The van der Waals surface area contributed by atoms with E-state index in [2.05, 4.69) is 10.3 Å². The maximum absolute atomic E-state index is 12.7. The third-order valence-electron chi connectivity index (χ3n) is 5.30. The number of aromatic nitrogens is 2. The highest BCUT2D eigenvalue weighted by molar-refractivity contribution is 5.97. The highest BCUT2D eigenvalue weighted by atomic mass is 16.1. The van der Waals surface area contributed by atoms with Crippen LogP contribution in [0.4, 0.5) is 0 Å². The predicted octanol–water partition coefficient (Wildman–Crippen LogP) is 1.59. The van der Waals surface area contributed by atoms with Crippen molar-refractivity contribution >= 4 is 16.8 Å². The summed E-state index contributed by atoms with van der Waals surface area (Å²) in [6.45, 7) is 1.22. The zero-order valence-corrected chi connectivity index (χ0v) is 14.3. The van der Waals surface area contributed by atoms with Gasteiger partial charge in [0.05, 0.1) is 10.9 Å². The number of carbonyl (C=O) groups excluding carboxylic acids is 1. The first-order chi connectivity index (χ1) is 12.1. The van der Waals surface area contributed by atoms with Gasteiger partial charge in [-0.1, -0.05) is 6.42 Å². The van der Waals surface area contributed by atoms with Crippen LogP contribution in [0.1, 0.15) is 48.3 Å². The Morgan fingerprint density at radius 1 is 1.32 bits per heavy atom. The van der Waals surface area contributed by atoms with Gasteiger partial charge in [-0.3, -0.25) is 14.2 Å². The molecule has 1 saturated carbocycles. The summed E-state index contributed by atoms with van der Waals surface area (Å²) in [7, 11) is 0. The Bertz CT molecular complexity index is 870. The topological polar surface area (TPSA) is 90.0 Å². The van der Waals surface area contributed by atoms with Crippen LogP contribution in [0.15, 0.2) is 23.0 Å². The van der Waals surface area contributed by atoms with Crippen LogP contribution in [0, 0.1) is 5.92 Å². The molecule has 4 rings (SSSR count). The molecule has 25 heavy (non-hydrogen) atoms. The zero-order valence-electron chi connectivity index (χ0n) is 14.3. The van der Waals surface area contributed by atoms with Gasteiger partial charge in [0, 0.05) is 31.1 Å². The van der Waals surface area contributed by atoms with Gasteiger partial charge in [-0.05, 0) is 49.8 Å². The van der Waals surface area contributed by atoms with Gasteiger partial charge in [0.2, 0.25) is 0 Å². The number of fused-ring (bicyclic) bond motifs is 2. The fourth-order valence-corrected chi connectivity index (χ4v) is 3.56. The minimum absolute atomic E-state index is 0.00427. The Balaban J connectivity index is 1.61. The molecule has 2 heterocycles. The molecule has 6 nitrogen and oxygen atoms in total. The highest BCUT2D eigenvalue weighted by Gasteiger charge is 2.28. The lowest BCUT2D eigenvalue weighted by atomic mass is 10.1. The lowest BCUT2D eigenvalue weighted by Gasteiger charge is -2.13. The molecule has 1 aromatic carbocycles. The van der Waals surface area contributed by atoms with E-state index in [1.807, 2.05) is 0 Å². The van der Waals surface area contributed by atoms with E-state index in [9.17, 15) is 9.59 Å². The third-order valence-corrected chi connectivity index (χ3v) is 5.30. The molecule has 1 amide bonds. The Hall–Kier alpha value is -2.21. The van der Waals surface area contributed by atoms with E-state index in [0.29, 0.717) is 28.9 Å². The monoisotopic (exact) mass is 340 g/mol. The molecule has 132 valence electrons. The van der Waals surface area contributed by atoms with Crippen molar-refractivity contribution in [3.05, 3.63) is 39.9 Å². The molecule has 1 aromatic heterocycles. The average Bonchev–Trinajstić information content (AvgIpc) is 3.46. The van der Waals surface area contributed by atoms with Crippen LogP contribution < -0.4 is 16.6 Å². The molecule has 1 aliphatic carbocycles. The largest absolute Gasteiger partial charge is 0.350 e. The summed E-state index contributed by atoms with van der Waals surface area (Å²) < 4.78 is 1.80. The van der Waals surface area contributed by atoms with Crippen molar-refractivity contribution in [2.24, 2.45) is 11.7 Å². The summed E-state index contributed by atoms with van der Waals surface area (Å²) in [6.07, 6.45) is 6.32. The summed E-state index contributed by atoms with van der Waals surface area (Å²) in [5.41, 5.74) is 7.18. The average molecular weight is 340 g/mol. The molecule has 6 heteroatoms. The smallest absolute Gasteiger partial charge is 0.261 e. The number of hydrogen-bond donors (Lipinski definition) is 2. The molecule has 1 atom stereocenters. The quantitative estimate of drug-likeness (QED) is 0.884. The fourth-order valence-electron chi connectivity index (χ4n) is 3.56. The molecule has 2 aromatic rings. The van der Waals surface area contributed by atoms with E-state index in [1.54, 1.807) is 22.8 Å². The van der Waals surface area contributed by atoms with Crippen LogP contribution in [-0.4, -0.2) is 28.0 Å². The van der Waals surface area contributed by atoms with Crippen molar-refractivity contribution in [2.45, 2.75) is 51.1 Å². The van der Waals surface area contributed by atoms with E-state index in [-0.39, 0.29) is 17.5 Å². The lowest BCUT2D eigenvalue weighted by molar-refractivity contribution is 0.0950. The van der Waals surface area contributed by atoms with Gasteiger partial charge in [0.15, 0.2) is 0 Å². The van der Waals surface area contributed by atoms with Crippen molar-refractivity contribution < 1.29 is 4.79 Å². The van der Waals surface area contributed by atoms with Crippen molar-refractivity contribution in [3.8, 4) is 0 Å². The van der Waals surface area contributed by atoms with E-state index in [1.165, 1.54) is 0 Å². The second kappa shape index (κ2) is 6.59. The minimum Gasteiger partial charge on any atom is -0.350 e. The minimum atomic E-state index is -0.158. The molecule has 1 fully saturated rings. The first-order valence-corrected chi connectivity index (χ1v) is 9.21. The van der Waals surface area contributed by atoms with Gasteiger partial charge in [-0.25, -0.2) is 4.98 Å². The number of carbonyl (C=O) groups is 1. The van der Waals surface area contributed by atoms with Gasteiger partial charge < -0.3 is 11.1 Å². The number of benzene rings is 1. The number of rotatable bonds is 4. The molecular formula is C19H24N4O2. The molecule has 3 N–H and O–H groups in total. The molecule has 1 aliphatic heterocycles. The second-order valence-corrected chi connectivity index (χ2v) is 7.24. The summed E-state index contributed by atoms with van der Waals surface area (Å²) in [6, 6.07) is 5.18. The number of nitrogens with zero attached hydrogens (tertiary/aromatic N) is 2. The van der Waals surface area contributed by atoms with Crippen LogP contribution in [0.5, 0.6) is 0 Å². The third kappa shape index (κ3) is 3.31. The number of hydrogen-bond acceptors (Lipinski definition) is 4. The Morgan fingerprint density at radius 3 is 2.96 bits per heavy atom. The van der Waals surface area contributed by atoms with Gasteiger partial charge in [-0.2, -0.15) is 0 Å². The molecule has 0 bridgehead atoms. The predicted molar refractivity (Wildman–Crippen MR) is 96.6 cm³/mol. The fraction of sp³-hybridized carbons (Fsp3) is 0.526. The van der Waals surface area contributed by atoms with E-state index in [0.717, 1.165) is 50.9 Å². The molecular weight excluding hydrogens is 316 g/mol. The number of aryl methyl sites for hydroxylation is 1. The number of amides is 1. The number of nitrogens with two attached hydrogens (primary N) is 1. The van der Waals surface area contributed by atoms with Crippen molar-refractivity contribution in [1.29, 1.82) is 0 Å². The zero-order chi connectivity index (χ0) is 17.4. The molecule has 0 radical (unpaired) electrons. The standard InChI is InChI=1S/C19H24N4O2/c20-15(12-5-6-12)11-21-18(24)13-7-8-14-16(10-13)22-17-4-2-1-3-9-23(17)19(14)25/h7-8,10,12,15H,1-6,9,11,20H2,(H,21,24). The van der Waals surface area contributed by atoms with Gasteiger partial charge in [0.1, 0.15) is 5.82 Å². The Kier molecular flexibility index (Phi) is 4.29. The molecule has 0 spiro atoms. The van der Waals surface area contributed by atoms with Crippen LogP contribution >= 0.6 is 0 Å². The van der Waals surface area contributed by atoms with Crippen LogP contribution in [-0.2, 0) is 13.0 Å². The number of nitrogens with one attached hydrogen (secondary N) is 1. The van der Waals surface area contributed by atoms with Gasteiger partial charge in [0.25, 0.3) is 11.5 Å². The summed E-state index contributed by atoms with van der Waals surface area (Å²) in [4.78, 5) is 29.8. The van der Waals surface area contributed by atoms with Gasteiger partial charge in [-0.15, -0.1) is 0 Å². The van der Waals surface area contributed by atoms with Crippen LogP contribution in [0.3, 0.4) is 0 Å². The van der Waals surface area contributed by atoms with Crippen molar-refractivity contribution in [2.75, 3.05) is 6.54 Å².